The minimum atomic E-state index is 0.647. The van der Waals surface area contributed by atoms with E-state index in [0.717, 1.165) is 38.3 Å². The molecule has 3 heteroatoms. The lowest BCUT2D eigenvalue weighted by atomic mass is 9.99. The van der Waals surface area contributed by atoms with Crippen LogP contribution in [0.2, 0.25) is 0 Å². The molecule has 0 atom stereocenters. The van der Waals surface area contributed by atoms with Crippen LogP contribution in [0.3, 0.4) is 0 Å². The van der Waals surface area contributed by atoms with Crippen LogP contribution in [0.5, 0.6) is 5.75 Å². The lowest BCUT2D eigenvalue weighted by Crippen LogP contribution is -2.46. The van der Waals surface area contributed by atoms with E-state index in [0.29, 0.717) is 5.92 Å². The molecule has 0 radical (unpaired) electrons. The van der Waals surface area contributed by atoms with Gasteiger partial charge in [-0.05, 0) is 49.6 Å². The first kappa shape index (κ1) is 15.2. The smallest absolute Gasteiger partial charge is 0.119 e. The van der Waals surface area contributed by atoms with Gasteiger partial charge in [0.05, 0.1) is 7.11 Å². The zero-order valence-electron chi connectivity index (χ0n) is 13.4. The highest BCUT2D eigenvalue weighted by Crippen LogP contribution is 2.21. The van der Waals surface area contributed by atoms with Gasteiger partial charge in [0.2, 0.25) is 0 Å². The number of anilines is 1. The second-order valence-corrected chi connectivity index (χ2v) is 6.07. The van der Waals surface area contributed by atoms with Crippen molar-refractivity contribution in [1.29, 1.82) is 0 Å². The van der Waals surface area contributed by atoms with Gasteiger partial charge in [-0.2, -0.15) is 0 Å². The zero-order valence-corrected chi connectivity index (χ0v) is 13.4. The number of hydrogen-bond acceptors (Lipinski definition) is 3. The summed E-state index contributed by atoms with van der Waals surface area (Å²) in [5.74, 6) is 1.57. The number of hydrogen-bond donors (Lipinski definition) is 0. The lowest BCUT2D eigenvalue weighted by molar-refractivity contribution is 0.249. The van der Waals surface area contributed by atoms with Gasteiger partial charge in [-0.1, -0.05) is 24.3 Å². The third-order valence-electron chi connectivity index (χ3n) is 4.63. The highest BCUT2D eigenvalue weighted by Gasteiger charge is 2.17. The third kappa shape index (κ3) is 3.92. The molecular weight excluding hydrogens is 272 g/mol. The molecule has 1 saturated heterocycles. The topological polar surface area (TPSA) is 15.7 Å². The lowest BCUT2D eigenvalue weighted by Gasteiger charge is -2.36. The molecule has 2 aliphatic rings. The molecule has 0 spiro atoms. The largest absolute Gasteiger partial charge is 0.497 e. The fraction of sp³-hybridized carbons (Fsp3) is 0.474. The predicted molar refractivity (Wildman–Crippen MR) is 92.7 cm³/mol. The molecule has 1 aliphatic carbocycles. The minimum Gasteiger partial charge on any atom is -0.497 e. The first-order valence-corrected chi connectivity index (χ1v) is 8.30. The highest BCUT2D eigenvalue weighted by molar-refractivity contribution is 5.49. The fourth-order valence-electron chi connectivity index (χ4n) is 3.20. The van der Waals surface area contributed by atoms with Gasteiger partial charge >= 0.3 is 0 Å². The average Bonchev–Trinajstić information content (AvgIpc) is 2.61. The first-order chi connectivity index (χ1) is 10.8. The minimum absolute atomic E-state index is 0.647. The molecule has 118 valence electrons. The van der Waals surface area contributed by atoms with Crippen LogP contribution in [-0.2, 0) is 0 Å². The van der Waals surface area contributed by atoms with E-state index in [2.05, 4.69) is 46.2 Å². The Morgan fingerprint density at radius 2 is 1.68 bits per heavy atom. The van der Waals surface area contributed by atoms with E-state index < -0.39 is 0 Å². The maximum atomic E-state index is 5.23. The molecule has 1 heterocycles. The monoisotopic (exact) mass is 298 g/mol. The number of methoxy groups -OCH3 is 1. The molecule has 1 aliphatic heterocycles. The van der Waals surface area contributed by atoms with Crippen LogP contribution in [0, 0.1) is 5.92 Å². The third-order valence-corrected chi connectivity index (χ3v) is 4.63. The summed E-state index contributed by atoms with van der Waals surface area (Å²) in [7, 11) is 1.71. The van der Waals surface area contributed by atoms with Crippen LogP contribution in [-0.4, -0.2) is 44.7 Å². The Hall–Kier alpha value is -1.74. The molecule has 0 aromatic heterocycles. The Kier molecular flexibility index (Phi) is 5.17. The van der Waals surface area contributed by atoms with E-state index in [1.54, 1.807) is 7.11 Å². The SMILES string of the molecule is COc1ccc(N2CCN(CCC3C=CCC=C3)CC2)cc1. The van der Waals surface area contributed by atoms with Gasteiger partial charge in [0.15, 0.2) is 0 Å². The molecule has 1 fully saturated rings. The maximum Gasteiger partial charge on any atom is 0.119 e. The normalized spacial score (nSPS) is 19.6. The standard InChI is InChI=1S/C19H26N2O/c1-22-19-9-7-18(8-10-19)21-15-13-20(14-16-21)12-11-17-5-3-2-4-6-17/h3-10,17H,2,11-16H2,1H3. The molecule has 0 unspecified atom stereocenters. The van der Waals surface area contributed by atoms with Gasteiger partial charge in [0, 0.05) is 31.9 Å². The van der Waals surface area contributed by atoms with Crippen molar-refractivity contribution in [3.8, 4) is 5.75 Å². The fourth-order valence-corrected chi connectivity index (χ4v) is 3.20. The van der Waals surface area contributed by atoms with Gasteiger partial charge in [-0.15, -0.1) is 0 Å². The van der Waals surface area contributed by atoms with E-state index in [9.17, 15) is 0 Å². The number of allylic oxidation sites excluding steroid dienone is 4. The molecule has 0 amide bonds. The van der Waals surface area contributed by atoms with Crippen LogP contribution >= 0.6 is 0 Å². The van der Waals surface area contributed by atoms with Crippen molar-refractivity contribution in [1.82, 2.24) is 4.90 Å². The average molecular weight is 298 g/mol. The summed E-state index contributed by atoms with van der Waals surface area (Å²) in [6.45, 7) is 5.75. The molecule has 1 aromatic rings. The summed E-state index contributed by atoms with van der Waals surface area (Å²) in [4.78, 5) is 5.06. The van der Waals surface area contributed by atoms with Gasteiger partial charge < -0.3 is 9.64 Å². The van der Waals surface area contributed by atoms with E-state index >= 15 is 0 Å². The summed E-state index contributed by atoms with van der Waals surface area (Å²) in [5, 5.41) is 0. The van der Waals surface area contributed by atoms with Crippen LogP contribution in [0.1, 0.15) is 12.8 Å². The van der Waals surface area contributed by atoms with Crippen molar-refractivity contribution in [3.63, 3.8) is 0 Å². The number of ether oxygens (including phenoxy) is 1. The van der Waals surface area contributed by atoms with Gasteiger partial charge in [-0.3, -0.25) is 4.90 Å². The Morgan fingerprint density at radius 3 is 2.32 bits per heavy atom. The second kappa shape index (κ2) is 7.50. The summed E-state index contributed by atoms with van der Waals surface area (Å²) in [6, 6.07) is 8.41. The van der Waals surface area contributed by atoms with Crippen molar-refractivity contribution in [2.45, 2.75) is 12.8 Å². The summed E-state index contributed by atoms with van der Waals surface area (Å²) >= 11 is 0. The van der Waals surface area contributed by atoms with Crippen molar-refractivity contribution >= 4 is 5.69 Å². The molecule has 0 bridgehead atoms. The molecule has 3 nitrogen and oxygen atoms in total. The van der Waals surface area contributed by atoms with Crippen LogP contribution in [0.15, 0.2) is 48.6 Å². The van der Waals surface area contributed by atoms with Crippen molar-refractivity contribution in [2.75, 3.05) is 44.7 Å². The predicted octanol–water partition coefficient (Wildman–Crippen LogP) is 3.34. The van der Waals surface area contributed by atoms with E-state index in [1.807, 2.05) is 12.1 Å². The number of nitrogens with zero attached hydrogens (tertiary/aromatic N) is 2. The molecule has 22 heavy (non-hydrogen) atoms. The molecule has 3 rings (SSSR count). The van der Waals surface area contributed by atoms with Crippen LogP contribution in [0.4, 0.5) is 5.69 Å². The summed E-state index contributed by atoms with van der Waals surface area (Å²) < 4.78 is 5.23. The quantitative estimate of drug-likeness (QED) is 0.775. The molecule has 0 N–H and O–H groups in total. The van der Waals surface area contributed by atoms with Gasteiger partial charge in [0.1, 0.15) is 5.75 Å². The Bertz CT molecular complexity index is 501. The molecular formula is C19H26N2O. The van der Waals surface area contributed by atoms with Gasteiger partial charge in [0.25, 0.3) is 0 Å². The Balaban J connectivity index is 1.44. The van der Waals surface area contributed by atoms with E-state index in [4.69, 9.17) is 4.74 Å². The van der Waals surface area contributed by atoms with Crippen molar-refractivity contribution in [3.05, 3.63) is 48.6 Å². The van der Waals surface area contributed by atoms with E-state index in [1.165, 1.54) is 18.7 Å². The summed E-state index contributed by atoms with van der Waals surface area (Å²) in [5.41, 5.74) is 1.30. The second-order valence-electron chi connectivity index (χ2n) is 6.07. The summed E-state index contributed by atoms with van der Waals surface area (Å²) in [6.07, 6.45) is 11.6. The number of benzene rings is 1. The molecule has 1 aromatic carbocycles. The Labute approximate surface area is 133 Å². The molecule has 0 saturated carbocycles. The van der Waals surface area contributed by atoms with Gasteiger partial charge in [-0.25, -0.2) is 0 Å². The van der Waals surface area contributed by atoms with Crippen LogP contribution < -0.4 is 9.64 Å². The van der Waals surface area contributed by atoms with Crippen molar-refractivity contribution in [2.24, 2.45) is 5.92 Å². The Morgan fingerprint density at radius 1 is 1.00 bits per heavy atom. The van der Waals surface area contributed by atoms with Crippen molar-refractivity contribution < 1.29 is 4.74 Å². The number of rotatable bonds is 5. The maximum absolute atomic E-state index is 5.23. The van der Waals surface area contributed by atoms with E-state index in [-0.39, 0.29) is 0 Å². The first-order valence-electron chi connectivity index (χ1n) is 8.30. The zero-order chi connectivity index (χ0) is 15.2. The number of piperazine rings is 1. The highest BCUT2D eigenvalue weighted by atomic mass is 16.5. The van der Waals surface area contributed by atoms with Crippen LogP contribution in [0.25, 0.3) is 0 Å².